The molecule has 4 amide bonds. The van der Waals surface area contributed by atoms with Crippen molar-refractivity contribution in [1.82, 2.24) is 26.4 Å². The normalized spacial score (nSPS) is 22.8. The molecule has 2 fully saturated rings. The van der Waals surface area contributed by atoms with Crippen LogP contribution in [-0.2, 0) is 39.9 Å². The van der Waals surface area contributed by atoms with Gasteiger partial charge in [0.1, 0.15) is 36.2 Å². The predicted molar refractivity (Wildman–Crippen MR) is 322 cm³/mol. The van der Waals surface area contributed by atoms with Crippen LogP contribution in [0, 0.1) is 59.0 Å². The third-order valence-corrected chi connectivity index (χ3v) is 16.4. The Labute approximate surface area is 499 Å². The minimum atomic E-state index is -1.54. The van der Waals surface area contributed by atoms with Crippen LogP contribution in [0.25, 0.3) is 0 Å². The van der Waals surface area contributed by atoms with Gasteiger partial charge in [0, 0.05) is 43.1 Å². The summed E-state index contributed by atoms with van der Waals surface area (Å²) in [4.78, 5) is 74.6. The number of halogens is 2. The van der Waals surface area contributed by atoms with Crippen molar-refractivity contribution in [2.24, 2.45) is 47.3 Å². The van der Waals surface area contributed by atoms with E-state index >= 15 is 0 Å². The summed E-state index contributed by atoms with van der Waals surface area (Å²) in [5, 5.41) is 74.5. The Kier molecular flexibility index (Phi) is 35.9. The van der Waals surface area contributed by atoms with Crippen LogP contribution < -0.4 is 21.4 Å². The first-order valence-corrected chi connectivity index (χ1v) is 30.4. The number of benzene rings is 1. The first-order chi connectivity index (χ1) is 39.6. The Morgan fingerprint density at radius 2 is 1.55 bits per heavy atom. The zero-order chi connectivity index (χ0) is 64.0. The van der Waals surface area contributed by atoms with E-state index < -0.39 is 107 Å². The quantitative estimate of drug-likeness (QED) is 0.0186. The number of aromatic hydroxyl groups is 1. The Hall–Kier alpha value is -5.38. The Bertz CT molecular complexity index is 2280. The monoisotopic (exact) mass is 1190 g/mol. The largest absolute Gasteiger partial charge is 0.505 e. The molecule has 0 aliphatic carbocycles. The van der Waals surface area contributed by atoms with Crippen molar-refractivity contribution in [2.75, 3.05) is 6.54 Å². The first-order valence-electron chi connectivity index (χ1n) is 30.4. The second-order valence-electron chi connectivity index (χ2n) is 23.2. The molecule has 0 radical (unpaired) electrons. The number of aldehydes is 1. The van der Waals surface area contributed by atoms with Crippen molar-refractivity contribution in [3.8, 4) is 5.75 Å². The maximum absolute atomic E-state index is 14.4. The fraction of sp³-hybridized carbons (Fsp3) is 0.688. The average molecular weight is 1190 g/mol. The fourth-order valence-electron chi connectivity index (χ4n) is 10.6. The molecule has 18 nitrogen and oxygen atoms in total. The lowest BCUT2D eigenvalue weighted by molar-refractivity contribution is -0.170. The topological polar surface area (TPSA) is 284 Å². The van der Waals surface area contributed by atoms with E-state index in [4.69, 9.17) is 9.53 Å². The van der Waals surface area contributed by atoms with Crippen molar-refractivity contribution in [1.29, 1.82) is 0 Å². The molecule has 0 aromatic heterocycles. The van der Waals surface area contributed by atoms with Crippen molar-refractivity contribution in [2.45, 2.75) is 228 Å². The first kappa shape index (κ1) is 76.6. The van der Waals surface area contributed by atoms with Crippen LogP contribution in [0.2, 0.25) is 0 Å². The van der Waals surface area contributed by atoms with Crippen LogP contribution in [0.15, 0.2) is 60.2 Å². The lowest BCUT2D eigenvalue weighted by atomic mass is 9.72. The van der Waals surface area contributed by atoms with E-state index in [1.54, 1.807) is 58.9 Å². The Morgan fingerprint density at radius 3 is 2.14 bits per heavy atom. The van der Waals surface area contributed by atoms with Crippen LogP contribution >= 0.6 is 0 Å². The summed E-state index contributed by atoms with van der Waals surface area (Å²) in [6.45, 7) is 25.9. The molecule has 2 saturated heterocycles. The molecule has 2 aliphatic rings. The number of allylic oxidation sites excluding steroid dienone is 5. The maximum Gasteiger partial charge on any atom is 0.325 e. The van der Waals surface area contributed by atoms with Gasteiger partial charge in [0.05, 0.1) is 24.4 Å². The van der Waals surface area contributed by atoms with E-state index in [2.05, 4.69) is 21.4 Å². The fourth-order valence-corrected chi connectivity index (χ4v) is 10.6. The zero-order valence-electron chi connectivity index (χ0n) is 52.5. The average Bonchev–Trinajstić information content (AvgIpc) is 3.03. The third-order valence-electron chi connectivity index (χ3n) is 16.4. The summed E-state index contributed by atoms with van der Waals surface area (Å²) in [5.74, 6) is -8.36. The number of hydrazine groups is 1. The third kappa shape index (κ3) is 24.2. The van der Waals surface area contributed by atoms with Gasteiger partial charge in [0.15, 0.2) is 17.4 Å². The zero-order valence-corrected chi connectivity index (χ0v) is 52.5. The van der Waals surface area contributed by atoms with Gasteiger partial charge in [-0.15, -0.1) is 0 Å². The number of nitrogens with zero attached hydrogens (tertiary/aromatic N) is 1. The van der Waals surface area contributed by atoms with E-state index in [0.29, 0.717) is 56.9 Å². The minimum Gasteiger partial charge on any atom is -0.505 e. The number of ether oxygens (including phenoxy) is 1. The number of nitrogens with one attached hydrogen (secondary N) is 4. The van der Waals surface area contributed by atoms with Gasteiger partial charge in [-0.3, -0.25) is 29.0 Å². The van der Waals surface area contributed by atoms with Gasteiger partial charge in [-0.1, -0.05) is 132 Å². The number of carbonyl (C=O) groups excluding carboxylic acids is 6. The van der Waals surface area contributed by atoms with Gasteiger partial charge >= 0.3 is 5.97 Å². The van der Waals surface area contributed by atoms with Gasteiger partial charge in [-0.25, -0.2) is 9.82 Å². The van der Waals surface area contributed by atoms with E-state index in [-0.39, 0.29) is 66.9 Å². The van der Waals surface area contributed by atoms with E-state index in [0.717, 1.165) is 36.3 Å². The van der Waals surface area contributed by atoms with Crippen LogP contribution in [0.5, 0.6) is 5.75 Å². The van der Waals surface area contributed by atoms with Crippen molar-refractivity contribution in [3.63, 3.8) is 0 Å². The van der Waals surface area contributed by atoms with Gasteiger partial charge in [0.2, 0.25) is 18.2 Å². The summed E-state index contributed by atoms with van der Waals surface area (Å²) in [5.41, 5.74) is 2.06. The molecule has 0 spiro atoms. The molecule has 12 unspecified atom stereocenters. The number of esters is 1. The number of carbonyl (C=O) groups is 6. The number of rotatable bonds is 32. The lowest BCUT2D eigenvalue weighted by Crippen LogP contribution is -2.65. The second-order valence-corrected chi connectivity index (χ2v) is 23.2. The Morgan fingerprint density at radius 1 is 0.905 bits per heavy atom. The second kappa shape index (κ2) is 39.3. The minimum absolute atomic E-state index is 0.0105. The molecule has 478 valence electrons. The molecule has 2 heterocycles. The molecule has 0 saturated carbocycles. The molecule has 20 heteroatoms. The van der Waals surface area contributed by atoms with Gasteiger partial charge in [-0.2, -0.15) is 4.39 Å². The molecular formula is C64H105F2N5O13. The number of hydrogen-bond acceptors (Lipinski definition) is 14. The molecule has 3 rings (SSSR count). The summed E-state index contributed by atoms with van der Waals surface area (Å²) in [6.07, 6.45) is 15.1. The SMILES string of the molecule is CC.CC=O.CCCC(C)C(O)C(C)[C@@H](O)/C=C/C=C/C[C@H](OC(=O)C1CCCN(C(=O)C(Cc2cc(O)c(F)c(F)c2)NC(=O)C(NC=O)C(C)C)N1)/C(C)=C/C=C/CCC(C)C(O)CCC(C)C(O)C(C)[C@@]1(O)NC(=O)C(CC)C[C@@H]1C. The van der Waals surface area contributed by atoms with Crippen LogP contribution in [-0.4, -0.2) is 133 Å². The molecule has 1 aromatic carbocycles. The van der Waals surface area contributed by atoms with Crippen LogP contribution in [0.1, 0.15) is 173 Å². The number of aliphatic hydroxyl groups excluding tert-OH is 4. The van der Waals surface area contributed by atoms with Gasteiger partial charge < -0.3 is 56.1 Å². The van der Waals surface area contributed by atoms with Gasteiger partial charge in [0.25, 0.3) is 5.91 Å². The molecule has 0 bridgehead atoms. The van der Waals surface area contributed by atoms with Crippen LogP contribution in [0.4, 0.5) is 8.78 Å². The van der Waals surface area contributed by atoms with Crippen molar-refractivity contribution < 1.29 is 72.9 Å². The number of phenols is 1. The highest BCUT2D eigenvalue weighted by Gasteiger charge is 2.49. The van der Waals surface area contributed by atoms with Crippen LogP contribution in [0.3, 0.4) is 0 Å². The highest BCUT2D eigenvalue weighted by molar-refractivity contribution is 5.91. The highest BCUT2D eigenvalue weighted by atomic mass is 19.2. The molecule has 1 aromatic rings. The number of piperidine rings is 1. The number of aliphatic hydroxyl groups is 5. The summed E-state index contributed by atoms with van der Waals surface area (Å²) in [6, 6.07) is -1.76. The molecule has 2 aliphatic heterocycles. The van der Waals surface area contributed by atoms with Crippen molar-refractivity contribution in [3.05, 3.63) is 77.4 Å². The van der Waals surface area contributed by atoms with Crippen molar-refractivity contribution >= 4 is 36.4 Å². The lowest BCUT2D eigenvalue weighted by Gasteiger charge is -2.47. The highest BCUT2D eigenvalue weighted by Crippen LogP contribution is 2.38. The van der Waals surface area contributed by atoms with E-state index in [1.165, 1.54) is 6.92 Å². The summed E-state index contributed by atoms with van der Waals surface area (Å²) in [7, 11) is 0. The molecule has 16 atom stereocenters. The summed E-state index contributed by atoms with van der Waals surface area (Å²) >= 11 is 0. The molecule has 84 heavy (non-hydrogen) atoms. The van der Waals surface area contributed by atoms with Gasteiger partial charge in [-0.05, 0) is 119 Å². The Balaban J connectivity index is 0.00000682. The molecule has 10 N–H and O–H groups in total. The molecular weight excluding hydrogens is 1080 g/mol. The maximum atomic E-state index is 14.4. The number of phenolic OH excluding ortho intramolecular Hbond substituents is 1. The van der Waals surface area contributed by atoms with E-state index in [1.807, 2.05) is 73.6 Å². The standard InChI is InChI=1S/C60H95F2N5O12.C2H4O.C2H6/c1-12-21-38(7)54(72)41(10)49(70)25-18-15-19-26-51(37(6)23-17-14-16-22-36(5)48(69)28-27-39(8)55(73)42(11)60(78)40(9)30-44(13-2)56(74)65-60)79-59(77)46-24-20-29-67(66-46)58(76)47(64-57(75)53(35(3)4)63-34-68)32-43-31-45(61)52(62)50(71)33-43;1-2-3;1-2/h14-15,17-19,23,25,31,33-36,38-42,44,46-49,51,53-55,66,69-73,78H,12-13,16,20-22,24,26-30,32H2,1-11H3,(H,63,68)(H,64,75)(H,65,74);2H,1H3;1-2H3/b17-14+,19-15+,25-18+,37-23+;;/t36?,38?,39?,40-,41?,42?,44?,46?,47?,48?,49-,51-,53?,54?,55?,60+;;/m0../s1. The van der Waals surface area contributed by atoms with E-state index in [9.17, 15) is 63.4 Å². The predicted octanol–water partition coefficient (Wildman–Crippen LogP) is 7.97. The number of amides is 4. The summed E-state index contributed by atoms with van der Waals surface area (Å²) < 4.78 is 34.6. The smallest absolute Gasteiger partial charge is 0.325 e. The number of hydrogen-bond donors (Lipinski definition) is 10.